The minimum atomic E-state index is -3.59. The van der Waals surface area contributed by atoms with Crippen LogP contribution >= 0.6 is 0 Å². The number of amides is 1. The number of sulfonamides is 1. The van der Waals surface area contributed by atoms with E-state index in [9.17, 15) is 13.2 Å². The molecule has 1 heterocycles. The van der Waals surface area contributed by atoms with Crippen molar-refractivity contribution in [3.63, 3.8) is 0 Å². The molecule has 8 heteroatoms. The third-order valence-corrected chi connectivity index (χ3v) is 5.79. The van der Waals surface area contributed by atoms with E-state index in [-0.39, 0.29) is 17.3 Å². The van der Waals surface area contributed by atoms with Crippen molar-refractivity contribution >= 4 is 33.1 Å². The summed E-state index contributed by atoms with van der Waals surface area (Å²) in [5.41, 5.74) is 1.86. The molecule has 0 radical (unpaired) electrons. The van der Waals surface area contributed by atoms with Crippen LogP contribution in [0.3, 0.4) is 0 Å². The first-order chi connectivity index (χ1) is 12.9. The number of aromatic nitrogens is 1. The Morgan fingerprint density at radius 2 is 1.85 bits per heavy atom. The topological polar surface area (TPSA) is 92.5 Å². The number of benzene rings is 2. The highest BCUT2D eigenvalue weighted by molar-refractivity contribution is 7.89. The Hall–Kier alpha value is -2.97. The second kappa shape index (κ2) is 7.73. The van der Waals surface area contributed by atoms with E-state index in [0.717, 1.165) is 4.31 Å². The van der Waals surface area contributed by atoms with E-state index >= 15 is 0 Å². The van der Waals surface area contributed by atoms with E-state index in [1.165, 1.54) is 32.3 Å². The van der Waals surface area contributed by atoms with E-state index in [0.29, 0.717) is 22.6 Å². The van der Waals surface area contributed by atoms with Gasteiger partial charge in [-0.1, -0.05) is 30.3 Å². The number of para-hydroxylation sites is 2. The van der Waals surface area contributed by atoms with Gasteiger partial charge in [0.05, 0.1) is 4.90 Å². The monoisotopic (exact) mass is 385 g/mol. The van der Waals surface area contributed by atoms with Gasteiger partial charge in [0.1, 0.15) is 5.52 Å². The lowest BCUT2D eigenvalue weighted by Crippen LogP contribution is -2.26. The molecular weight excluding hydrogens is 366 g/mol. The zero-order valence-electron chi connectivity index (χ0n) is 14.9. The molecule has 3 rings (SSSR count). The van der Waals surface area contributed by atoms with E-state index in [1.807, 2.05) is 18.2 Å². The highest BCUT2D eigenvalue weighted by Gasteiger charge is 2.20. The molecule has 0 aliphatic carbocycles. The van der Waals surface area contributed by atoms with Crippen LogP contribution in [-0.4, -0.2) is 37.7 Å². The fraction of sp³-hybridized carbons (Fsp3) is 0.158. The maximum absolute atomic E-state index is 12.4. The number of hydrogen-bond acceptors (Lipinski definition) is 5. The summed E-state index contributed by atoms with van der Waals surface area (Å²) in [6, 6.07) is 13.9. The summed E-state index contributed by atoms with van der Waals surface area (Å²) in [4.78, 5) is 16.5. The molecule has 2 aromatic carbocycles. The van der Waals surface area contributed by atoms with Gasteiger partial charge >= 0.3 is 0 Å². The largest absolute Gasteiger partial charge is 0.437 e. The molecule has 3 aromatic rings. The summed E-state index contributed by atoms with van der Waals surface area (Å²) in [6.07, 6.45) is 2.77. The maximum Gasteiger partial charge on any atom is 0.244 e. The molecule has 0 spiro atoms. The van der Waals surface area contributed by atoms with Crippen molar-refractivity contribution in [1.29, 1.82) is 0 Å². The molecule has 27 heavy (non-hydrogen) atoms. The van der Waals surface area contributed by atoms with E-state index in [2.05, 4.69) is 10.3 Å². The van der Waals surface area contributed by atoms with E-state index in [1.54, 1.807) is 24.3 Å². The normalized spacial score (nSPS) is 12.1. The average Bonchev–Trinajstić information content (AvgIpc) is 3.07. The number of carbonyl (C=O) groups is 1. The molecule has 1 amide bonds. The number of fused-ring (bicyclic) bond motifs is 1. The summed E-state index contributed by atoms with van der Waals surface area (Å²) < 4.78 is 31.4. The van der Waals surface area contributed by atoms with Crippen LogP contribution < -0.4 is 5.32 Å². The zero-order chi connectivity index (χ0) is 19.4. The Labute approximate surface area is 157 Å². The Kier molecular flexibility index (Phi) is 5.38. The lowest BCUT2D eigenvalue weighted by Gasteiger charge is -2.15. The SMILES string of the molecule is CN(C)S(=O)(=O)c1ccccc1CNC(=O)/C=C/c1nc2ccccc2o1. The molecule has 1 aromatic heterocycles. The van der Waals surface area contributed by atoms with Crippen LogP contribution in [0.1, 0.15) is 11.5 Å². The molecule has 0 aliphatic rings. The lowest BCUT2D eigenvalue weighted by atomic mass is 10.2. The molecule has 0 fully saturated rings. The van der Waals surface area contributed by atoms with Crippen molar-refractivity contribution in [1.82, 2.24) is 14.6 Å². The second-order valence-electron chi connectivity index (χ2n) is 5.97. The van der Waals surface area contributed by atoms with Crippen molar-refractivity contribution in [2.75, 3.05) is 14.1 Å². The predicted molar refractivity (Wildman–Crippen MR) is 102 cm³/mol. The number of oxazole rings is 1. The standard InChI is InChI=1S/C19H19N3O4S/c1-22(2)27(24,25)17-10-6-3-7-14(17)13-20-18(23)11-12-19-21-15-8-4-5-9-16(15)26-19/h3-12H,13H2,1-2H3,(H,20,23)/b12-11+. The van der Waals surface area contributed by atoms with Crippen molar-refractivity contribution in [3.8, 4) is 0 Å². The predicted octanol–water partition coefficient (Wildman–Crippen LogP) is 2.41. The Morgan fingerprint density at radius 3 is 2.59 bits per heavy atom. The molecule has 0 atom stereocenters. The quantitative estimate of drug-likeness (QED) is 0.658. The van der Waals surface area contributed by atoms with Gasteiger partial charge in [-0.25, -0.2) is 17.7 Å². The van der Waals surface area contributed by atoms with Crippen LogP contribution in [0.2, 0.25) is 0 Å². The summed E-state index contributed by atoms with van der Waals surface area (Å²) in [7, 11) is -0.654. The summed E-state index contributed by atoms with van der Waals surface area (Å²) in [6.45, 7) is 0.0833. The van der Waals surface area contributed by atoms with Gasteiger partial charge in [0.25, 0.3) is 0 Å². The highest BCUT2D eigenvalue weighted by atomic mass is 32.2. The van der Waals surface area contributed by atoms with Gasteiger partial charge in [0.2, 0.25) is 21.8 Å². The van der Waals surface area contributed by atoms with Gasteiger partial charge in [-0.05, 0) is 23.8 Å². The number of carbonyl (C=O) groups excluding carboxylic acids is 1. The van der Waals surface area contributed by atoms with Crippen molar-refractivity contribution in [2.45, 2.75) is 11.4 Å². The highest BCUT2D eigenvalue weighted by Crippen LogP contribution is 2.18. The summed E-state index contributed by atoms with van der Waals surface area (Å²) >= 11 is 0. The fourth-order valence-corrected chi connectivity index (χ4v) is 3.56. The van der Waals surface area contributed by atoms with Gasteiger partial charge in [-0.2, -0.15) is 0 Å². The number of hydrogen-bond donors (Lipinski definition) is 1. The van der Waals surface area contributed by atoms with Crippen LogP contribution in [0.4, 0.5) is 0 Å². The molecule has 7 nitrogen and oxygen atoms in total. The third-order valence-electron chi connectivity index (χ3n) is 3.87. The van der Waals surface area contributed by atoms with E-state index in [4.69, 9.17) is 4.42 Å². The van der Waals surface area contributed by atoms with Gasteiger partial charge < -0.3 is 9.73 Å². The Morgan fingerprint density at radius 1 is 1.15 bits per heavy atom. The first-order valence-corrected chi connectivity index (χ1v) is 9.64. The van der Waals surface area contributed by atoms with Gasteiger partial charge in [-0.15, -0.1) is 0 Å². The average molecular weight is 385 g/mol. The summed E-state index contributed by atoms with van der Waals surface area (Å²) in [5, 5.41) is 2.68. The number of rotatable bonds is 6. The van der Waals surface area contributed by atoms with Gasteiger partial charge in [0.15, 0.2) is 5.58 Å². The Bertz CT molecular complexity index is 1070. The molecule has 0 saturated heterocycles. The first-order valence-electron chi connectivity index (χ1n) is 8.20. The molecule has 0 unspecified atom stereocenters. The molecule has 0 bridgehead atoms. The maximum atomic E-state index is 12.4. The van der Waals surface area contributed by atoms with Crippen LogP contribution in [0.15, 0.2) is 63.9 Å². The Balaban J connectivity index is 1.69. The minimum absolute atomic E-state index is 0.0833. The van der Waals surface area contributed by atoms with Crippen LogP contribution in [0.25, 0.3) is 17.2 Å². The number of nitrogens with zero attached hydrogens (tertiary/aromatic N) is 2. The van der Waals surface area contributed by atoms with Crippen LogP contribution in [0.5, 0.6) is 0 Å². The van der Waals surface area contributed by atoms with E-state index < -0.39 is 10.0 Å². The zero-order valence-corrected chi connectivity index (χ0v) is 15.7. The van der Waals surface area contributed by atoms with Crippen molar-refractivity contribution in [2.24, 2.45) is 0 Å². The third kappa shape index (κ3) is 4.24. The van der Waals surface area contributed by atoms with Gasteiger partial charge in [0, 0.05) is 32.8 Å². The lowest BCUT2D eigenvalue weighted by molar-refractivity contribution is -0.116. The smallest absolute Gasteiger partial charge is 0.244 e. The fourth-order valence-electron chi connectivity index (χ4n) is 2.45. The molecule has 140 valence electrons. The molecule has 0 saturated carbocycles. The first kappa shape index (κ1) is 18.8. The van der Waals surface area contributed by atoms with Crippen LogP contribution in [-0.2, 0) is 21.4 Å². The van der Waals surface area contributed by atoms with Crippen molar-refractivity contribution in [3.05, 3.63) is 66.1 Å². The van der Waals surface area contributed by atoms with Crippen molar-refractivity contribution < 1.29 is 17.6 Å². The second-order valence-corrected chi connectivity index (χ2v) is 8.09. The minimum Gasteiger partial charge on any atom is -0.437 e. The molecular formula is C19H19N3O4S. The summed E-state index contributed by atoms with van der Waals surface area (Å²) in [5.74, 6) is -0.0590. The van der Waals surface area contributed by atoms with Crippen LogP contribution in [0, 0.1) is 0 Å². The molecule has 1 N–H and O–H groups in total. The van der Waals surface area contributed by atoms with Gasteiger partial charge in [-0.3, -0.25) is 4.79 Å². The molecule has 0 aliphatic heterocycles. The number of nitrogens with one attached hydrogen (secondary N) is 1.